The highest BCUT2D eigenvalue weighted by atomic mass is 15.3. The lowest BCUT2D eigenvalue weighted by molar-refractivity contribution is 0.781. The van der Waals surface area contributed by atoms with Crippen molar-refractivity contribution in [2.75, 3.05) is 6.54 Å². The van der Waals surface area contributed by atoms with Gasteiger partial charge in [0.15, 0.2) is 5.84 Å². The molecule has 4 nitrogen and oxygen atoms in total. The van der Waals surface area contributed by atoms with Crippen LogP contribution in [-0.4, -0.2) is 17.4 Å². The number of nitrogens with zero attached hydrogens (tertiary/aromatic N) is 2. The van der Waals surface area contributed by atoms with Crippen molar-refractivity contribution in [2.45, 2.75) is 6.92 Å². The molecule has 1 heterocycles. The molecule has 0 aliphatic rings. The van der Waals surface area contributed by atoms with Crippen LogP contribution in [0.5, 0.6) is 0 Å². The molecule has 0 bridgehead atoms. The van der Waals surface area contributed by atoms with E-state index < -0.39 is 0 Å². The molecule has 0 radical (unpaired) electrons. The highest BCUT2D eigenvalue weighted by Crippen LogP contribution is 1.93. The maximum absolute atomic E-state index is 5.63. The van der Waals surface area contributed by atoms with Crippen LogP contribution in [0.1, 0.15) is 12.5 Å². The van der Waals surface area contributed by atoms with Gasteiger partial charge in [-0.05, 0) is 19.1 Å². The lowest BCUT2D eigenvalue weighted by Gasteiger charge is -1.99. The molecule has 0 aliphatic heterocycles. The van der Waals surface area contributed by atoms with E-state index in [2.05, 4.69) is 15.5 Å². The van der Waals surface area contributed by atoms with E-state index in [9.17, 15) is 0 Å². The maximum Gasteiger partial charge on any atom is 0.152 e. The van der Waals surface area contributed by atoms with Crippen molar-refractivity contribution < 1.29 is 0 Å². The Hall–Kier alpha value is -1.58. The molecule has 0 spiro atoms. The first-order valence-electron chi connectivity index (χ1n) is 3.81. The molecule has 0 saturated heterocycles. The van der Waals surface area contributed by atoms with Crippen LogP contribution in [0.2, 0.25) is 0 Å². The Morgan fingerprint density at radius 3 is 3.17 bits per heavy atom. The summed E-state index contributed by atoms with van der Waals surface area (Å²) < 4.78 is 0. The van der Waals surface area contributed by atoms with Crippen LogP contribution in [0.4, 0.5) is 0 Å². The summed E-state index contributed by atoms with van der Waals surface area (Å²) >= 11 is 0. The zero-order chi connectivity index (χ0) is 8.81. The molecule has 0 aromatic carbocycles. The number of rotatable bonds is 3. The molecular weight excluding hydrogens is 152 g/mol. The van der Waals surface area contributed by atoms with Crippen molar-refractivity contribution in [3.05, 3.63) is 30.1 Å². The Balaban J connectivity index is 2.71. The Bertz CT molecular complexity index is 255. The lowest BCUT2D eigenvalue weighted by atomic mass is 10.3. The molecule has 1 rings (SSSR count). The fourth-order valence-corrected chi connectivity index (χ4v) is 0.743. The second-order valence-electron chi connectivity index (χ2n) is 2.25. The van der Waals surface area contributed by atoms with E-state index in [0.717, 1.165) is 12.1 Å². The van der Waals surface area contributed by atoms with Gasteiger partial charge in [0.25, 0.3) is 0 Å². The van der Waals surface area contributed by atoms with Gasteiger partial charge in [-0.15, -0.1) is 0 Å². The molecule has 64 valence electrons. The fraction of sp³-hybridized carbons (Fsp3) is 0.250. The van der Waals surface area contributed by atoms with Crippen molar-refractivity contribution in [1.82, 2.24) is 10.4 Å². The molecule has 1 aromatic rings. The Labute approximate surface area is 71.5 Å². The van der Waals surface area contributed by atoms with Crippen molar-refractivity contribution in [2.24, 2.45) is 10.8 Å². The largest absolute Gasteiger partial charge is 0.382 e. The lowest BCUT2D eigenvalue weighted by Crippen LogP contribution is -2.18. The van der Waals surface area contributed by atoms with E-state index >= 15 is 0 Å². The number of hydrogen-bond donors (Lipinski definition) is 2. The van der Waals surface area contributed by atoms with E-state index in [1.807, 2.05) is 19.1 Å². The molecule has 0 atom stereocenters. The summed E-state index contributed by atoms with van der Waals surface area (Å²) in [5.41, 5.74) is 9.24. The smallest absolute Gasteiger partial charge is 0.152 e. The van der Waals surface area contributed by atoms with Crippen LogP contribution in [-0.2, 0) is 0 Å². The molecular formula is C8H12N4. The maximum atomic E-state index is 5.63. The van der Waals surface area contributed by atoms with Gasteiger partial charge in [-0.25, -0.2) is 0 Å². The summed E-state index contributed by atoms with van der Waals surface area (Å²) in [5, 5.41) is 3.92. The molecule has 0 saturated carbocycles. The summed E-state index contributed by atoms with van der Waals surface area (Å²) in [7, 11) is 0. The molecule has 4 heteroatoms. The third-order valence-corrected chi connectivity index (χ3v) is 1.31. The van der Waals surface area contributed by atoms with Gasteiger partial charge in [-0.1, -0.05) is 0 Å². The third-order valence-electron chi connectivity index (χ3n) is 1.31. The van der Waals surface area contributed by atoms with Gasteiger partial charge in [-0.2, -0.15) is 5.10 Å². The van der Waals surface area contributed by atoms with Gasteiger partial charge in [0.2, 0.25) is 0 Å². The van der Waals surface area contributed by atoms with Crippen LogP contribution in [0, 0.1) is 0 Å². The molecule has 3 N–H and O–H groups in total. The molecule has 1 aromatic heterocycles. The van der Waals surface area contributed by atoms with Crippen molar-refractivity contribution in [3.8, 4) is 0 Å². The number of amidine groups is 1. The minimum Gasteiger partial charge on any atom is -0.382 e. The third kappa shape index (κ3) is 2.23. The zero-order valence-electron chi connectivity index (χ0n) is 6.99. The first kappa shape index (κ1) is 8.52. The fourth-order valence-electron chi connectivity index (χ4n) is 0.743. The standard InChI is InChI=1S/C8H12N4/c1-2-11-12-8(9)7-4-3-5-10-6-7/h3-6,11H,2H2,1H3,(H2,9,12). The molecule has 12 heavy (non-hydrogen) atoms. The monoisotopic (exact) mass is 164 g/mol. The number of nitrogens with one attached hydrogen (secondary N) is 1. The van der Waals surface area contributed by atoms with Crippen molar-refractivity contribution in [3.63, 3.8) is 0 Å². The van der Waals surface area contributed by atoms with Gasteiger partial charge in [-0.3, -0.25) is 4.98 Å². The zero-order valence-corrected chi connectivity index (χ0v) is 6.99. The van der Waals surface area contributed by atoms with Crippen LogP contribution in [0.15, 0.2) is 29.6 Å². The van der Waals surface area contributed by atoms with Crippen LogP contribution in [0.25, 0.3) is 0 Å². The average molecular weight is 164 g/mol. The minimum absolute atomic E-state index is 0.463. The molecule has 0 amide bonds. The molecule has 0 unspecified atom stereocenters. The van der Waals surface area contributed by atoms with Crippen molar-refractivity contribution in [1.29, 1.82) is 0 Å². The summed E-state index contributed by atoms with van der Waals surface area (Å²) in [6.07, 6.45) is 3.38. The molecule has 0 aliphatic carbocycles. The molecule has 0 fully saturated rings. The van der Waals surface area contributed by atoms with E-state index in [0.29, 0.717) is 5.84 Å². The summed E-state index contributed by atoms with van der Waals surface area (Å²) in [5.74, 6) is 0.463. The van der Waals surface area contributed by atoms with Crippen LogP contribution >= 0.6 is 0 Å². The second kappa shape index (κ2) is 4.33. The van der Waals surface area contributed by atoms with E-state index in [1.165, 1.54) is 0 Å². The van der Waals surface area contributed by atoms with Crippen LogP contribution in [0.3, 0.4) is 0 Å². The predicted molar refractivity (Wildman–Crippen MR) is 48.6 cm³/mol. The minimum atomic E-state index is 0.463. The van der Waals surface area contributed by atoms with Crippen molar-refractivity contribution >= 4 is 5.84 Å². The summed E-state index contributed by atoms with van der Waals surface area (Å²) in [6.45, 7) is 2.72. The number of aromatic nitrogens is 1. The first-order valence-corrected chi connectivity index (χ1v) is 3.81. The summed E-state index contributed by atoms with van der Waals surface area (Å²) in [4.78, 5) is 3.93. The van der Waals surface area contributed by atoms with E-state index in [-0.39, 0.29) is 0 Å². The first-order chi connectivity index (χ1) is 5.84. The van der Waals surface area contributed by atoms with Gasteiger partial charge >= 0.3 is 0 Å². The summed E-state index contributed by atoms with van der Waals surface area (Å²) in [6, 6.07) is 3.69. The van der Waals surface area contributed by atoms with E-state index in [1.54, 1.807) is 12.4 Å². The Morgan fingerprint density at radius 2 is 2.58 bits per heavy atom. The highest BCUT2D eigenvalue weighted by molar-refractivity contribution is 5.96. The van der Waals surface area contributed by atoms with Crippen LogP contribution < -0.4 is 11.2 Å². The quantitative estimate of drug-likeness (QED) is 0.384. The average Bonchev–Trinajstić information content (AvgIpc) is 2.15. The number of pyridine rings is 1. The van der Waals surface area contributed by atoms with Gasteiger partial charge in [0, 0.05) is 24.5 Å². The Kier molecular flexibility index (Phi) is 3.07. The topological polar surface area (TPSA) is 63.3 Å². The second-order valence-corrected chi connectivity index (χ2v) is 2.25. The van der Waals surface area contributed by atoms with E-state index in [4.69, 9.17) is 5.73 Å². The predicted octanol–water partition coefficient (Wildman–Crippen LogP) is 0.311. The van der Waals surface area contributed by atoms with Gasteiger partial charge in [0.1, 0.15) is 0 Å². The number of hydrazone groups is 1. The van der Waals surface area contributed by atoms with Gasteiger partial charge in [0.05, 0.1) is 0 Å². The number of nitrogens with two attached hydrogens (primary N) is 1. The number of hydrogen-bond acceptors (Lipinski definition) is 3. The Morgan fingerprint density at radius 1 is 1.75 bits per heavy atom. The highest BCUT2D eigenvalue weighted by Gasteiger charge is 1.94. The van der Waals surface area contributed by atoms with Gasteiger partial charge < -0.3 is 11.2 Å². The normalized spacial score (nSPS) is 11.2. The SMILES string of the molecule is CCNN=C(N)c1cccnc1.